The predicted molar refractivity (Wildman–Crippen MR) is 98.5 cm³/mol. The molecule has 2 N–H and O–H groups in total. The molecule has 0 amide bonds. The maximum absolute atomic E-state index is 12.6. The normalized spacial score (nSPS) is 24.3. The summed E-state index contributed by atoms with van der Waals surface area (Å²) < 4.78 is 42.7. The van der Waals surface area contributed by atoms with Crippen molar-refractivity contribution >= 4 is 5.97 Å². The van der Waals surface area contributed by atoms with Crippen LogP contribution in [0.5, 0.6) is 0 Å². The molecule has 4 nitrogen and oxygen atoms in total. The van der Waals surface area contributed by atoms with Crippen LogP contribution >= 0.6 is 0 Å². The SMILES string of the molecule is CCOC(=O)CC1(O)CCCC(C=CC(O)Cc2ccc(C(F)(F)F)cc2)C1. The molecule has 0 heterocycles. The number of rotatable bonds is 7. The van der Waals surface area contributed by atoms with Crippen molar-refractivity contribution in [3.05, 3.63) is 47.5 Å². The highest BCUT2D eigenvalue weighted by atomic mass is 19.4. The summed E-state index contributed by atoms with van der Waals surface area (Å²) >= 11 is 0. The maximum atomic E-state index is 12.6. The van der Waals surface area contributed by atoms with E-state index in [1.807, 2.05) is 6.08 Å². The molecule has 0 aliphatic heterocycles. The Bertz CT molecular complexity index is 669. The maximum Gasteiger partial charge on any atom is 0.416 e. The summed E-state index contributed by atoms with van der Waals surface area (Å²) in [6.45, 7) is 1.99. The number of halogens is 3. The van der Waals surface area contributed by atoms with Crippen molar-refractivity contribution in [3.63, 3.8) is 0 Å². The molecule has 7 heteroatoms. The number of alkyl halides is 3. The summed E-state index contributed by atoms with van der Waals surface area (Å²) in [6.07, 6.45) is 0.930. The molecule has 2 rings (SSSR count). The minimum Gasteiger partial charge on any atom is -0.466 e. The molecule has 0 bridgehead atoms. The fourth-order valence-electron chi connectivity index (χ4n) is 3.62. The van der Waals surface area contributed by atoms with Crippen LogP contribution in [0.4, 0.5) is 13.2 Å². The number of benzene rings is 1. The molecule has 0 saturated heterocycles. The quantitative estimate of drug-likeness (QED) is 0.536. The molecule has 1 aliphatic rings. The summed E-state index contributed by atoms with van der Waals surface area (Å²) in [6, 6.07) is 4.72. The molecule has 156 valence electrons. The Morgan fingerprint density at radius 3 is 2.64 bits per heavy atom. The van der Waals surface area contributed by atoms with Gasteiger partial charge in [-0.3, -0.25) is 4.79 Å². The first-order valence-corrected chi connectivity index (χ1v) is 9.52. The molecule has 28 heavy (non-hydrogen) atoms. The molecule has 1 aromatic rings. The molecule has 3 atom stereocenters. The van der Waals surface area contributed by atoms with Gasteiger partial charge in [0.25, 0.3) is 0 Å². The second-order valence-corrected chi connectivity index (χ2v) is 7.41. The van der Waals surface area contributed by atoms with E-state index in [1.54, 1.807) is 13.0 Å². The number of hydrogen-bond donors (Lipinski definition) is 2. The lowest BCUT2D eigenvalue weighted by Gasteiger charge is -2.35. The highest BCUT2D eigenvalue weighted by molar-refractivity contribution is 5.70. The average Bonchev–Trinajstić information content (AvgIpc) is 2.59. The molecule has 3 unspecified atom stereocenters. The fraction of sp³-hybridized carbons (Fsp3) is 0.571. The molecule has 1 aliphatic carbocycles. The third kappa shape index (κ3) is 6.95. The lowest BCUT2D eigenvalue weighted by atomic mass is 9.76. The van der Waals surface area contributed by atoms with E-state index in [2.05, 4.69) is 0 Å². The fourth-order valence-corrected chi connectivity index (χ4v) is 3.62. The van der Waals surface area contributed by atoms with E-state index in [4.69, 9.17) is 4.74 Å². The number of carbonyl (C=O) groups excluding carboxylic acids is 1. The average molecular weight is 400 g/mol. The predicted octanol–water partition coefficient (Wildman–Crippen LogP) is 4.04. The second kappa shape index (κ2) is 9.56. The Labute approximate surface area is 163 Å². The van der Waals surface area contributed by atoms with Crippen molar-refractivity contribution in [1.82, 2.24) is 0 Å². The number of ether oxygens (including phenoxy) is 1. The van der Waals surface area contributed by atoms with Crippen molar-refractivity contribution in [2.45, 2.75) is 63.3 Å². The first-order chi connectivity index (χ1) is 13.1. The molecular formula is C21H27F3O4. The first-order valence-electron chi connectivity index (χ1n) is 9.52. The van der Waals surface area contributed by atoms with Crippen LogP contribution in [0.3, 0.4) is 0 Å². The van der Waals surface area contributed by atoms with Crippen molar-refractivity contribution in [3.8, 4) is 0 Å². The number of aliphatic hydroxyl groups is 2. The third-order valence-electron chi connectivity index (χ3n) is 4.97. The van der Waals surface area contributed by atoms with Gasteiger partial charge in [-0.05, 0) is 56.2 Å². The van der Waals surface area contributed by atoms with Gasteiger partial charge in [0.2, 0.25) is 0 Å². The van der Waals surface area contributed by atoms with E-state index in [1.165, 1.54) is 12.1 Å². The Kier molecular flexibility index (Phi) is 7.66. The Hall–Kier alpha value is -1.86. The van der Waals surface area contributed by atoms with E-state index in [-0.39, 0.29) is 25.4 Å². The molecule has 0 radical (unpaired) electrons. The van der Waals surface area contributed by atoms with Gasteiger partial charge in [0.1, 0.15) is 0 Å². The minimum atomic E-state index is -4.38. The van der Waals surface area contributed by atoms with Crippen molar-refractivity contribution in [2.75, 3.05) is 6.61 Å². The molecular weight excluding hydrogens is 373 g/mol. The van der Waals surface area contributed by atoms with E-state index in [0.29, 0.717) is 18.4 Å². The van der Waals surface area contributed by atoms with Gasteiger partial charge in [0.05, 0.1) is 30.3 Å². The zero-order chi connectivity index (χ0) is 20.8. The zero-order valence-corrected chi connectivity index (χ0v) is 15.9. The van der Waals surface area contributed by atoms with Crippen LogP contribution in [-0.2, 0) is 22.1 Å². The highest BCUT2D eigenvalue weighted by Gasteiger charge is 2.36. The molecule has 1 saturated carbocycles. The van der Waals surface area contributed by atoms with Gasteiger partial charge in [-0.1, -0.05) is 24.3 Å². The summed E-state index contributed by atoms with van der Waals surface area (Å²) in [5, 5.41) is 20.8. The Balaban J connectivity index is 1.89. The highest BCUT2D eigenvalue weighted by Crippen LogP contribution is 2.36. The number of esters is 1. The van der Waals surface area contributed by atoms with Gasteiger partial charge in [0, 0.05) is 6.42 Å². The van der Waals surface area contributed by atoms with Crippen molar-refractivity contribution in [2.24, 2.45) is 5.92 Å². The number of carbonyl (C=O) groups is 1. The second-order valence-electron chi connectivity index (χ2n) is 7.41. The standard InChI is InChI=1S/C21H27F3O4/c1-2-28-19(26)14-20(27)11-3-4-16(13-20)7-10-18(25)12-15-5-8-17(9-6-15)21(22,23)24/h5-10,16,18,25,27H,2-4,11-14H2,1H3. The topological polar surface area (TPSA) is 66.8 Å². The van der Waals surface area contributed by atoms with Crippen LogP contribution in [0.15, 0.2) is 36.4 Å². The van der Waals surface area contributed by atoms with Gasteiger partial charge in [0.15, 0.2) is 0 Å². The summed E-state index contributed by atoms with van der Waals surface area (Å²) in [5.41, 5.74) is -1.21. The largest absolute Gasteiger partial charge is 0.466 e. The molecule has 0 spiro atoms. The van der Waals surface area contributed by atoms with Crippen LogP contribution in [-0.4, -0.2) is 34.5 Å². The summed E-state index contributed by atoms with van der Waals surface area (Å²) in [7, 11) is 0. The molecule has 1 aromatic carbocycles. The van der Waals surface area contributed by atoms with Gasteiger partial charge >= 0.3 is 12.1 Å². The van der Waals surface area contributed by atoms with Gasteiger partial charge < -0.3 is 14.9 Å². The minimum absolute atomic E-state index is 0.0235. The monoisotopic (exact) mass is 400 g/mol. The van der Waals surface area contributed by atoms with Crippen LogP contribution in [0.25, 0.3) is 0 Å². The van der Waals surface area contributed by atoms with E-state index in [9.17, 15) is 28.2 Å². The number of allylic oxidation sites excluding steroid dienone is 1. The zero-order valence-electron chi connectivity index (χ0n) is 15.9. The van der Waals surface area contributed by atoms with Crippen LogP contribution in [0.2, 0.25) is 0 Å². The van der Waals surface area contributed by atoms with E-state index >= 15 is 0 Å². The van der Waals surface area contributed by atoms with E-state index < -0.39 is 29.4 Å². The molecule has 1 fully saturated rings. The van der Waals surface area contributed by atoms with Crippen LogP contribution in [0.1, 0.15) is 50.2 Å². The Morgan fingerprint density at radius 1 is 1.36 bits per heavy atom. The smallest absolute Gasteiger partial charge is 0.416 e. The van der Waals surface area contributed by atoms with Crippen LogP contribution < -0.4 is 0 Å². The van der Waals surface area contributed by atoms with Crippen molar-refractivity contribution < 1.29 is 32.9 Å². The Morgan fingerprint density at radius 2 is 2.04 bits per heavy atom. The molecule has 0 aromatic heterocycles. The van der Waals surface area contributed by atoms with Gasteiger partial charge in [-0.2, -0.15) is 13.2 Å². The van der Waals surface area contributed by atoms with E-state index in [0.717, 1.165) is 25.0 Å². The van der Waals surface area contributed by atoms with Gasteiger partial charge in [-0.15, -0.1) is 0 Å². The van der Waals surface area contributed by atoms with Crippen LogP contribution in [0, 0.1) is 5.92 Å². The summed E-state index contributed by atoms with van der Waals surface area (Å²) in [4.78, 5) is 11.7. The van der Waals surface area contributed by atoms with Gasteiger partial charge in [-0.25, -0.2) is 0 Å². The third-order valence-corrected chi connectivity index (χ3v) is 4.97. The first kappa shape index (κ1) is 22.4. The van der Waals surface area contributed by atoms with Crippen molar-refractivity contribution in [1.29, 1.82) is 0 Å². The number of hydrogen-bond acceptors (Lipinski definition) is 4. The lowest BCUT2D eigenvalue weighted by Crippen LogP contribution is -2.37. The lowest BCUT2D eigenvalue weighted by molar-refractivity contribution is -0.150. The summed E-state index contributed by atoms with van der Waals surface area (Å²) in [5.74, 6) is -0.396. The number of aliphatic hydroxyl groups excluding tert-OH is 1.